The van der Waals surface area contributed by atoms with E-state index in [0.717, 1.165) is 5.75 Å². The smallest absolute Gasteiger partial charge is 0.138 e. The highest BCUT2D eigenvalue weighted by atomic mass is 16.5. The Kier molecular flexibility index (Phi) is 3.91. The zero-order valence-electron chi connectivity index (χ0n) is 13.3. The summed E-state index contributed by atoms with van der Waals surface area (Å²) < 4.78 is 6.07. The first-order valence-electron chi connectivity index (χ1n) is 8.90. The summed E-state index contributed by atoms with van der Waals surface area (Å²) >= 11 is 0. The third-order valence-corrected chi connectivity index (χ3v) is 5.63. The summed E-state index contributed by atoms with van der Waals surface area (Å²) in [5, 5.41) is 0. The van der Waals surface area contributed by atoms with Crippen LogP contribution in [0.1, 0.15) is 56.9 Å². The topological polar surface area (TPSA) is 25.4 Å². The molecule has 3 heteroatoms. The van der Waals surface area contributed by atoms with Gasteiger partial charge < -0.3 is 4.74 Å². The van der Waals surface area contributed by atoms with Gasteiger partial charge in [0.25, 0.3) is 0 Å². The van der Waals surface area contributed by atoms with Gasteiger partial charge in [-0.1, -0.05) is 12.2 Å². The Balaban J connectivity index is 1.47. The molecule has 0 spiro atoms. The zero-order valence-corrected chi connectivity index (χ0v) is 13.3. The highest BCUT2D eigenvalue weighted by Gasteiger charge is 2.41. The molecule has 3 fully saturated rings. The quantitative estimate of drug-likeness (QED) is 0.838. The molecule has 0 atom stereocenters. The van der Waals surface area contributed by atoms with Crippen molar-refractivity contribution in [3.05, 3.63) is 30.1 Å². The lowest BCUT2D eigenvalue weighted by molar-refractivity contribution is 0.209. The molecule has 1 aromatic heterocycles. The van der Waals surface area contributed by atoms with Crippen molar-refractivity contribution >= 4 is 6.08 Å². The minimum absolute atomic E-state index is 0.336. The van der Waals surface area contributed by atoms with E-state index < -0.39 is 0 Å². The number of fused-ring (bicyclic) bond motifs is 1. The van der Waals surface area contributed by atoms with Gasteiger partial charge in [0.1, 0.15) is 5.75 Å². The predicted molar refractivity (Wildman–Crippen MR) is 88.9 cm³/mol. The average molecular weight is 298 g/mol. The lowest BCUT2D eigenvalue weighted by Gasteiger charge is -2.28. The molecule has 0 bridgehead atoms. The Bertz CT molecular complexity index is 538. The Morgan fingerprint density at radius 1 is 1.09 bits per heavy atom. The van der Waals surface area contributed by atoms with Crippen LogP contribution in [0.15, 0.2) is 24.5 Å². The van der Waals surface area contributed by atoms with Crippen molar-refractivity contribution in [2.45, 2.75) is 63.0 Å². The van der Waals surface area contributed by atoms with Gasteiger partial charge in [-0.15, -0.1) is 0 Å². The van der Waals surface area contributed by atoms with E-state index >= 15 is 0 Å². The number of aromatic nitrogens is 1. The third-order valence-electron chi connectivity index (χ3n) is 5.63. The van der Waals surface area contributed by atoms with Crippen molar-refractivity contribution in [2.24, 2.45) is 0 Å². The van der Waals surface area contributed by atoms with E-state index in [2.05, 4.69) is 28.1 Å². The lowest BCUT2D eigenvalue weighted by atomic mass is 9.93. The molecule has 1 aromatic rings. The molecule has 4 rings (SSSR count). The molecule has 118 valence electrons. The van der Waals surface area contributed by atoms with Gasteiger partial charge in [-0.25, -0.2) is 0 Å². The fourth-order valence-electron chi connectivity index (χ4n) is 4.46. The van der Waals surface area contributed by atoms with Crippen LogP contribution in [0.5, 0.6) is 5.75 Å². The van der Waals surface area contributed by atoms with Gasteiger partial charge in [0.15, 0.2) is 0 Å². The molecule has 22 heavy (non-hydrogen) atoms. The van der Waals surface area contributed by atoms with E-state index in [0.29, 0.717) is 11.6 Å². The van der Waals surface area contributed by atoms with Crippen molar-refractivity contribution in [2.75, 3.05) is 13.1 Å². The number of ether oxygens (including phenoxy) is 1. The molecule has 3 heterocycles. The van der Waals surface area contributed by atoms with E-state index in [-0.39, 0.29) is 0 Å². The van der Waals surface area contributed by atoms with E-state index in [1.165, 1.54) is 70.0 Å². The highest BCUT2D eigenvalue weighted by Crippen LogP contribution is 2.40. The van der Waals surface area contributed by atoms with Crippen molar-refractivity contribution in [3.63, 3.8) is 0 Å². The van der Waals surface area contributed by atoms with Crippen LogP contribution in [0.2, 0.25) is 0 Å². The summed E-state index contributed by atoms with van der Waals surface area (Å²) in [4.78, 5) is 7.03. The standard InChI is InChI=1S/C19H26N2O/c1-2-6-17(5-1)22-18-13-16(14-20-15-18)7-10-19-8-3-11-21(19)12-4-9-19/h7,10,13-15,17H,1-6,8-9,11-12H2/b10-7+. The molecular formula is C19H26N2O. The first kappa shape index (κ1) is 14.3. The van der Waals surface area contributed by atoms with Crippen LogP contribution in [0.3, 0.4) is 0 Å². The number of rotatable bonds is 4. The van der Waals surface area contributed by atoms with Crippen LogP contribution < -0.4 is 4.74 Å². The molecule has 2 aliphatic heterocycles. The van der Waals surface area contributed by atoms with Crippen LogP contribution in [-0.4, -0.2) is 34.6 Å². The number of hydrogen-bond acceptors (Lipinski definition) is 3. The minimum Gasteiger partial charge on any atom is -0.489 e. The van der Waals surface area contributed by atoms with Gasteiger partial charge in [-0.3, -0.25) is 9.88 Å². The van der Waals surface area contributed by atoms with Gasteiger partial charge in [-0.05, 0) is 76.1 Å². The first-order chi connectivity index (χ1) is 10.8. The van der Waals surface area contributed by atoms with Gasteiger partial charge >= 0.3 is 0 Å². The fraction of sp³-hybridized carbons (Fsp3) is 0.632. The molecule has 0 radical (unpaired) electrons. The molecule has 0 amide bonds. The summed E-state index contributed by atoms with van der Waals surface area (Å²) in [6.45, 7) is 2.54. The van der Waals surface area contributed by atoms with Gasteiger partial charge in [0, 0.05) is 11.7 Å². The largest absolute Gasteiger partial charge is 0.489 e. The molecule has 1 aliphatic carbocycles. The Labute approximate surface area is 133 Å². The van der Waals surface area contributed by atoms with Crippen LogP contribution in [0.25, 0.3) is 6.08 Å². The maximum atomic E-state index is 6.07. The normalized spacial score (nSPS) is 25.1. The second kappa shape index (κ2) is 6.04. The van der Waals surface area contributed by atoms with Crippen LogP contribution in [0, 0.1) is 0 Å². The predicted octanol–water partition coefficient (Wildman–Crippen LogP) is 4.04. The SMILES string of the molecule is C(=C\C12CCCN1CCC2)/c1cncc(OC2CCCC2)c1. The minimum atomic E-state index is 0.336. The van der Waals surface area contributed by atoms with E-state index in [1.54, 1.807) is 0 Å². The third kappa shape index (κ3) is 2.79. The van der Waals surface area contributed by atoms with Crippen LogP contribution in [-0.2, 0) is 0 Å². The van der Waals surface area contributed by atoms with E-state index in [9.17, 15) is 0 Å². The van der Waals surface area contributed by atoms with Gasteiger partial charge in [0.2, 0.25) is 0 Å². The molecule has 0 aromatic carbocycles. The molecule has 2 saturated heterocycles. The number of pyridine rings is 1. The lowest BCUT2D eigenvalue weighted by Crippen LogP contribution is -2.35. The number of hydrogen-bond donors (Lipinski definition) is 0. The van der Waals surface area contributed by atoms with Gasteiger partial charge in [0.05, 0.1) is 12.3 Å². The fourth-order valence-corrected chi connectivity index (χ4v) is 4.46. The second-order valence-electron chi connectivity index (χ2n) is 7.11. The van der Waals surface area contributed by atoms with Crippen molar-refractivity contribution in [1.29, 1.82) is 0 Å². The summed E-state index contributed by atoms with van der Waals surface area (Å²) in [7, 11) is 0. The Morgan fingerprint density at radius 3 is 2.64 bits per heavy atom. The molecule has 3 nitrogen and oxygen atoms in total. The van der Waals surface area contributed by atoms with Crippen LogP contribution in [0.4, 0.5) is 0 Å². The average Bonchev–Trinajstić information content (AvgIpc) is 3.22. The maximum Gasteiger partial charge on any atom is 0.138 e. The van der Waals surface area contributed by atoms with Crippen molar-refractivity contribution in [3.8, 4) is 5.75 Å². The van der Waals surface area contributed by atoms with Gasteiger partial charge in [-0.2, -0.15) is 0 Å². The van der Waals surface area contributed by atoms with E-state index in [1.807, 2.05) is 12.4 Å². The maximum absolute atomic E-state index is 6.07. The Morgan fingerprint density at radius 2 is 1.86 bits per heavy atom. The van der Waals surface area contributed by atoms with Crippen molar-refractivity contribution in [1.82, 2.24) is 9.88 Å². The first-order valence-corrected chi connectivity index (χ1v) is 8.90. The summed E-state index contributed by atoms with van der Waals surface area (Å²) in [5.74, 6) is 0.932. The zero-order chi connectivity index (χ0) is 14.8. The Hall–Kier alpha value is -1.35. The molecular weight excluding hydrogens is 272 g/mol. The summed E-state index contributed by atoms with van der Waals surface area (Å²) in [6.07, 6.45) is 19.2. The molecule has 0 unspecified atom stereocenters. The highest BCUT2D eigenvalue weighted by molar-refractivity contribution is 5.52. The second-order valence-corrected chi connectivity index (χ2v) is 7.11. The molecule has 0 N–H and O–H groups in total. The number of nitrogens with zero attached hydrogens (tertiary/aromatic N) is 2. The molecule has 3 aliphatic rings. The molecule has 1 saturated carbocycles. The van der Waals surface area contributed by atoms with E-state index in [4.69, 9.17) is 4.74 Å². The van der Waals surface area contributed by atoms with Crippen LogP contribution >= 0.6 is 0 Å². The van der Waals surface area contributed by atoms with Crippen molar-refractivity contribution < 1.29 is 4.74 Å². The summed E-state index contributed by atoms with van der Waals surface area (Å²) in [6, 6.07) is 2.15. The summed E-state index contributed by atoms with van der Waals surface area (Å²) in [5.41, 5.74) is 1.51. The monoisotopic (exact) mass is 298 g/mol.